The van der Waals surface area contributed by atoms with Gasteiger partial charge in [-0.3, -0.25) is 0 Å². The van der Waals surface area contributed by atoms with Crippen LogP contribution in [0.15, 0.2) is 18.2 Å². The lowest BCUT2D eigenvalue weighted by atomic mass is 10.3. The third kappa shape index (κ3) is 4.21. The van der Waals surface area contributed by atoms with Gasteiger partial charge in [-0.15, -0.1) is 0 Å². The molecule has 0 atom stereocenters. The summed E-state index contributed by atoms with van der Waals surface area (Å²) in [5, 5.41) is 22.8. The van der Waals surface area contributed by atoms with Crippen LogP contribution in [0.4, 0.5) is 10.5 Å². The second-order valence-corrected chi connectivity index (χ2v) is 2.41. The van der Waals surface area contributed by atoms with Crippen molar-refractivity contribution in [2.45, 2.75) is 13.8 Å². The smallest absolute Gasteiger partial charge is 0.318 e. The molecule has 0 spiro atoms. The van der Waals surface area contributed by atoms with Crippen LogP contribution in [0.25, 0.3) is 0 Å². The highest BCUT2D eigenvalue weighted by Gasteiger charge is 2.02. The molecule has 0 unspecified atom stereocenters. The van der Waals surface area contributed by atoms with Gasteiger partial charge in [-0.25, -0.2) is 4.79 Å². The second kappa shape index (κ2) is 6.53. The minimum absolute atomic E-state index is 0.220. The Bertz CT molecular complexity index is 326. The van der Waals surface area contributed by atoms with Crippen LogP contribution in [-0.4, -0.2) is 23.3 Å². The predicted octanol–water partition coefficient (Wildman–Crippen LogP) is 1.88. The van der Waals surface area contributed by atoms with Gasteiger partial charge in [-0.2, -0.15) is 0 Å². The number of carbonyl (C=O) groups excluding carboxylic acids is 1. The third-order valence-electron chi connectivity index (χ3n) is 1.46. The first-order chi connectivity index (χ1) is 7.13. The number of hydrogen-bond acceptors (Lipinski definition) is 3. The topological polar surface area (TPSA) is 81.6 Å². The fraction of sp³-hybridized carbons (Fsp3) is 0.300. The molecule has 0 heterocycles. The lowest BCUT2D eigenvalue weighted by Gasteiger charge is -2.04. The molecule has 5 nitrogen and oxygen atoms in total. The Labute approximate surface area is 88.7 Å². The van der Waals surface area contributed by atoms with Gasteiger partial charge in [0.2, 0.25) is 0 Å². The summed E-state index contributed by atoms with van der Waals surface area (Å²) in [6, 6.07) is 3.64. The first kappa shape index (κ1) is 13.1. The lowest BCUT2D eigenvalue weighted by molar-refractivity contribution is 0.254. The van der Waals surface area contributed by atoms with Crippen molar-refractivity contribution >= 4 is 11.7 Å². The number of phenolic OH excluding ortho intramolecular Hbond substituents is 2. The molecular weight excluding hydrogens is 196 g/mol. The molecule has 5 heteroatoms. The van der Waals surface area contributed by atoms with Crippen LogP contribution in [0, 0.1) is 0 Å². The minimum atomic E-state index is -0.384. The molecule has 0 bridgehead atoms. The Balaban J connectivity index is 0.000000921. The molecule has 1 aromatic carbocycles. The number of rotatable bonds is 1. The van der Waals surface area contributed by atoms with Crippen LogP contribution < -0.4 is 10.6 Å². The van der Waals surface area contributed by atoms with Crippen molar-refractivity contribution in [3.63, 3.8) is 0 Å². The van der Waals surface area contributed by atoms with E-state index in [0.29, 0.717) is 5.69 Å². The van der Waals surface area contributed by atoms with Crippen LogP contribution in [0.5, 0.6) is 11.5 Å². The van der Waals surface area contributed by atoms with Gasteiger partial charge in [0.15, 0.2) is 11.5 Å². The Morgan fingerprint density at radius 2 is 1.80 bits per heavy atom. The molecule has 0 aliphatic carbocycles. The molecule has 1 aromatic rings. The van der Waals surface area contributed by atoms with Crippen molar-refractivity contribution in [1.29, 1.82) is 0 Å². The van der Waals surface area contributed by atoms with Crippen molar-refractivity contribution in [3.05, 3.63) is 18.2 Å². The zero-order valence-corrected chi connectivity index (χ0v) is 9.03. The highest BCUT2D eigenvalue weighted by molar-refractivity contribution is 5.89. The van der Waals surface area contributed by atoms with E-state index in [1.54, 1.807) is 0 Å². The average molecular weight is 212 g/mol. The van der Waals surface area contributed by atoms with E-state index < -0.39 is 0 Å². The maximum absolute atomic E-state index is 10.8. The van der Waals surface area contributed by atoms with Gasteiger partial charge in [0.1, 0.15) is 0 Å². The molecule has 0 aromatic heterocycles. The second-order valence-electron chi connectivity index (χ2n) is 2.41. The zero-order chi connectivity index (χ0) is 11.8. The summed E-state index contributed by atoms with van der Waals surface area (Å²) in [6.45, 7) is 4.00. The van der Waals surface area contributed by atoms with E-state index in [1.807, 2.05) is 13.8 Å². The number of amides is 2. The molecule has 0 saturated heterocycles. The van der Waals surface area contributed by atoms with E-state index in [9.17, 15) is 4.79 Å². The van der Waals surface area contributed by atoms with Crippen LogP contribution in [-0.2, 0) is 0 Å². The molecule has 84 valence electrons. The molecule has 0 saturated carbocycles. The molecule has 0 aliphatic rings. The molecule has 0 fully saturated rings. The first-order valence-corrected chi connectivity index (χ1v) is 4.64. The van der Waals surface area contributed by atoms with E-state index in [2.05, 4.69) is 10.6 Å². The molecule has 15 heavy (non-hydrogen) atoms. The quantitative estimate of drug-likeness (QED) is 0.423. The predicted molar refractivity (Wildman–Crippen MR) is 59.2 cm³/mol. The largest absolute Gasteiger partial charge is 0.504 e. The number of hydrogen-bond donors (Lipinski definition) is 4. The van der Waals surface area contributed by atoms with Gasteiger partial charge in [-0.1, -0.05) is 13.8 Å². The molecule has 0 radical (unpaired) electrons. The van der Waals surface area contributed by atoms with Gasteiger partial charge in [0.05, 0.1) is 0 Å². The van der Waals surface area contributed by atoms with Gasteiger partial charge in [0, 0.05) is 18.8 Å². The first-order valence-electron chi connectivity index (χ1n) is 4.64. The summed E-state index contributed by atoms with van der Waals surface area (Å²) in [4.78, 5) is 10.8. The van der Waals surface area contributed by atoms with Gasteiger partial charge in [0.25, 0.3) is 0 Å². The standard InChI is InChI=1S/C8H10N2O3.C2H6/c1-9-8(13)10-5-2-3-6(11)7(12)4-5;1-2/h2-4,11-12H,1H3,(H2,9,10,13);1-2H3. The van der Waals surface area contributed by atoms with E-state index in [4.69, 9.17) is 10.2 Å². The summed E-state index contributed by atoms with van der Waals surface area (Å²) in [7, 11) is 1.48. The Morgan fingerprint density at radius 1 is 1.20 bits per heavy atom. The summed E-state index contributed by atoms with van der Waals surface area (Å²) >= 11 is 0. The van der Waals surface area contributed by atoms with Crippen LogP contribution >= 0.6 is 0 Å². The number of nitrogens with one attached hydrogen (secondary N) is 2. The summed E-state index contributed by atoms with van der Waals surface area (Å²) in [5.41, 5.74) is 0.412. The van der Waals surface area contributed by atoms with Gasteiger partial charge < -0.3 is 20.8 Å². The zero-order valence-electron chi connectivity index (χ0n) is 9.03. The van der Waals surface area contributed by atoms with Crippen molar-refractivity contribution in [2.24, 2.45) is 0 Å². The lowest BCUT2D eigenvalue weighted by Crippen LogP contribution is -2.24. The average Bonchev–Trinajstić information content (AvgIpc) is 2.26. The number of phenols is 2. The number of aromatic hydroxyl groups is 2. The van der Waals surface area contributed by atoms with Crippen LogP contribution in [0.2, 0.25) is 0 Å². The number of benzene rings is 1. The highest BCUT2D eigenvalue weighted by atomic mass is 16.3. The van der Waals surface area contributed by atoms with E-state index in [0.717, 1.165) is 0 Å². The van der Waals surface area contributed by atoms with Crippen molar-refractivity contribution in [2.75, 3.05) is 12.4 Å². The van der Waals surface area contributed by atoms with Gasteiger partial charge in [-0.05, 0) is 12.1 Å². The summed E-state index contributed by atoms with van der Waals surface area (Å²) < 4.78 is 0. The molecule has 1 rings (SSSR count). The Morgan fingerprint density at radius 3 is 2.27 bits per heavy atom. The summed E-state index contributed by atoms with van der Waals surface area (Å²) in [5.74, 6) is -0.489. The summed E-state index contributed by atoms with van der Waals surface area (Å²) in [6.07, 6.45) is 0. The van der Waals surface area contributed by atoms with Crippen molar-refractivity contribution in [1.82, 2.24) is 5.32 Å². The minimum Gasteiger partial charge on any atom is -0.504 e. The number of urea groups is 1. The SMILES string of the molecule is CC.CNC(=O)Nc1ccc(O)c(O)c1. The number of anilines is 1. The highest BCUT2D eigenvalue weighted by Crippen LogP contribution is 2.27. The monoisotopic (exact) mass is 212 g/mol. The van der Waals surface area contributed by atoms with Crippen molar-refractivity contribution < 1.29 is 15.0 Å². The molecule has 4 N–H and O–H groups in total. The Hall–Kier alpha value is -1.91. The fourth-order valence-electron chi connectivity index (χ4n) is 0.795. The van der Waals surface area contributed by atoms with E-state index in [1.165, 1.54) is 25.2 Å². The maximum Gasteiger partial charge on any atom is 0.318 e. The van der Waals surface area contributed by atoms with Crippen LogP contribution in [0.3, 0.4) is 0 Å². The Kier molecular flexibility index (Phi) is 5.70. The molecular formula is C10H16N2O3. The molecule has 0 aliphatic heterocycles. The van der Waals surface area contributed by atoms with E-state index >= 15 is 0 Å². The fourth-order valence-corrected chi connectivity index (χ4v) is 0.795. The van der Waals surface area contributed by atoms with E-state index in [-0.39, 0.29) is 17.5 Å². The third-order valence-corrected chi connectivity index (χ3v) is 1.46. The normalized spacial score (nSPS) is 8.47. The molecule has 2 amide bonds. The number of carbonyl (C=O) groups is 1. The maximum atomic E-state index is 10.8. The van der Waals surface area contributed by atoms with Crippen LogP contribution in [0.1, 0.15) is 13.8 Å². The van der Waals surface area contributed by atoms with Gasteiger partial charge >= 0.3 is 6.03 Å². The van der Waals surface area contributed by atoms with Crippen molar-refractivity contribution in [3.8, 4) is 11.5 Å².